The van der Waals surface area contributed by atoms with Gasteiger partial charge >= 0.3 is 0 Å². The number of anilines is 1. The number of halogens is 2. The number of phenolic OH excluding ortho intramolecular Hbond substituents is 1. The van der Waals surface area contributed by atoms with Crippen LogP contribution in [0.5, 0.6) is 5.75 Å². The molecule has 5 nitrogen and oxygen atoms in total. The summed E-state index contributed by atoms with van der Waals surface area (Å²) in [5, 5.41) is 12.3. The van der Waals surface area contributed by atoms with Gasteiger partial charge in [-0.25, -0.2) is 18.7 Å². The van der Waals surface area contributed by atoms with E-state index in [0.717, 1.165) is 0 Å². The van der Waals surface area contributed by atoms with Crippen molar-refractivity contribution in [2.24, 2.45) is 0 Å². The van der Waals surface area contributed by atoms with Gasteiger partial charge in [0.2, 0.25) is 5.91 Å². The Morgan fingerprint density at radius 3 is 2.00 bits per heavy atom. The smallest absolute Gasteiger partial charge is 0.230 e. The van der Waals surface area contributed by atoms with E-state index >= 15 is 0 Å². The Balaban J connectivity index is 0.00000149. The molecule has 1 amide bonds. The number of carbonyl (C=O) groups excluding carboxylic acids is 1. The Labute approximate surface area is 190 Å². The predicted octanol–water partition coefficient (Wildman–Crippen LogP) is 6.00. The maximum Gasteiger partial charge on any atom is 0.230 e. The van der Waals surface area contributed by atoms with Gasteiger partial charge in [0.05, 0.1) is 18.3 Å². The third-order valence-electron chi connectivity index (χ3n) is 4.59. The van der Waals surface area contributed by atoms with E-state index in [1.54, 1.807) is 36.4 Å². The molecule has 4 aromatic rings. The summed E-state index contributed by atoms with van der Waals surface area (Å²) in [4.78, 5) is 21.5. The van der Waals surface area contributed by atoms with Gasteiger partial charge in [-0.15, -0.1) is 0 Å². The van der Waals surface area contributed by atoms with Gasteiger partial charge in [0.15, 0.2) is 5.82 Å². The third-order valence-corrected chi connectivity index (χ3v) is 4.59. The van der Waals surface area contributed by atoms with Crippen LogP contribution in [0.1, 0.15) is 19.4 Å². The van der Waals surface area contributed by atoms with E-state index < -0.39 is 0 Å². The molecule has 0 bridgehead atoms. The van der Waals surface area contributed by atoms with Gasteiger partial charge < -0.3 is 10.4 Å². The average Bonchev–Trinajstić information content (AvgIpc) is 2.83. The summed E-state index contributed by atoms with van der Waals surface area (Å²) >= 11 is 0. The highest BCUT2D eigenvalue weighted by molar-refractivity contribution is 5.94. The number of phenols is 1. The fourth-order valence-electron chi connectivity index (χ4n) is 3.02. The molecule has 0 aliphatic carbocycles. The van der Waals surface area contributed by atoms with E-state index in [4.69, 9.17) is 0 Å². The van der Waals surface area contributed by atoms with Crippen LogP contribution in [0.2, 0.25) is 0 Å². The second kappa shape index (κ2) is 10.9. The summed E-state index contributed by atoms with van der Waals surface area (Å²) in [6.45, 7) is 4.00. The first kappa shape index (κ1) is 23.5. The lowest BCUT2D eigenvalue weighted by atomic mass is 10.1. The van der Waals surface area contributed by atoms with E-state index in [1.807, 2.05) is 13.8 Å². The minimum atomic E-state index is -0.374. The molecule has 0 fully saturated rings. The topological polar surface area (TPSA) is 75.1 Å². The number of aromatic hydroxyl groups is 1. The van der Waals surface area contributed by atoms with Crippen molar-refractivity contribution >= 4 is 11.7 Å². The largest absolute Gasteiger partial charge is 0.508 e. The van der Waals surface area contributed by atoms with E-state index in [9.17, 15) is 18.7 Å². The van der Waals surface area contributed by atoms with Crippen molar-refractivity contribution < 1.29 is 18.7 Å². The van der Waals surface area contributed by atoms with Crippen LogP contribution >= 0.6 is 0 Å². The number of nitrogens with zero attached hydrogens (tertiary/aromatic N) is 2. The Morgan fingerprint density at radius 1 is 0.848 bits per heavy atom. The molecule has 0 radical (unpaired) electrons. The average molecular weight is 447 g/mol. The summed E-state index contributed by atoms with van der Waals surface area (Å²) in [5.74, 6) is -0.742. The van der Waals surface area contributed by atoms with Crippen molar-refractivity contribution in [3.05, 3.63) is 96.2 Å². The molecular weight excluding hydrogens is 424 g/mol. The lowest BCUT2D eigenvalue weighted by Gasteiger charge is -2.12. The number of nitrogens with one attached hydrogen (secondary N) is 1. The lowest BCUT2D eigenvalue weighted by molar-refractivity contribution is -0.115. The molecule has 168 valence electrons. The van der Waals surface area contributed by atoms with Gasteiger partial charge in [-0.3, -0.25) is 4.79 Å². The fourth-order valence-corrected chi connectivity index (χ4v) is 3.02. The predicted molar refractivity (Wildman–Crippen MR) is 125 cm³/mol. The van der Waals surface area contributed by atoms with E-state index in [-0.39, 0.29) is 35.5 Å². The van der Waals surface area contributed by atoms with Crippen LogP contribution in [0, 0.1) is 11.6 Å². The lowest BCUT2D eigenvalue weighted by Crippen LogP contribution is -2.16. The van der Waals surface area contributed by atoms with Gasteiger partial charge in [-0.1, -0.05) is 26.0 Å². The van der Waals surface area contributed by atoms with Crippen molar-refractivity contribution in [1.82, 2.24) is 9.97 Å². The summed E-state index contributed by atoms with van der Waals surface area (Å²) in [7, 11) is 0. The Hall–Kier alpha value is -4.13. The molecule has 1 aromatic heterocycles. The maximum atomic E-state index is 13.3. The second-order valence-electron chi connectivity index (χ2n) is 6.86. The molecule has 0 aliphatic heterocycles. The number of hydrogen-bond acceptors (Lipinski definition) is 4. The Bertz CT molecular complexity index is 1210. The highest BCUT2D eigenvalue weighted by atomic mass is 19.1. The van der Waals surface area contributed by atoms with Crippen LogP contribution in [0.4, 0.5) is 14.6 Å². The minimum Gasteiger partial charge on any atom is -0.508 e. The van der Waals surface area contributed by atoms with Gasteiger partial charge in [-0.05, 0) is 66.2 Å². The minimum absolute atomic E-state index is 0.0384. The maximum absolute atomic E-state index is 13.3. The summed E-state index contributed by atoms with van der Waals surface area (Å²) in [6.07, 6.45) is 1.53. The molecule has 0 unspecified atom stereocenters. The standard InChI is InChI=1S/C24H17F2N3O2.C2H6/c25-18-7-1-15(2-8-18)13-22(31)29-24-23(17-5-11-20(30)12-6-17)28-21(14-27-24)16-3-9-19(26)10-4-16;1-2/h1-12,14,30H,13H2,(H,27,29,31);1-2H3. The molecule has 0 saturated carbocycles. The van der Waals surface area contributed by atoms with Crippen LogP contribution in [0.15, 0.2) is 79.0 Å². The van der Waals surface area contributed by atoms with Crippen LogP contribution < -0.4 is 5.32 Å². The normalized spacial score (nSPS) is 10.2. The summed E-state index contributed by atoms with van der Waals surface area (Å²) < 4.78 is 26.3. The molecular formula is C26H23F2N3O2. The van der Waals surface area contributed by atoms with Crippen molar-refractivity contribution in [3.63, 3.8) is 0 Å². The van der Waals surface area contributed by atoms with Crippen LogP contribution in [-0.4, -0.2) is 21.0 Å². The Kier molecular flexibility index (Phi) is 7.81. The van der Waals surface area contributed by atoms with Gasteiger partial charge in [-0.2, -0.15) is 0 Å². The SMILES string of the molecule is CC.O=C(Cc1ccc(F)cc1)Nc1ncc(-c2ccc(F)cc2)nc1-c1ccc(O)cc1. The monoisotopic (exact) mass is 447 g/mol. The van der Waals surface area contributed by atoms with Crippen molar-refractivity contribution in [1.29, 1.82) is 0 Å². The molecule has 33 heavy (non-hydrogen) atoms. The zero-order valence-electron chi connectivity index (χ0n) is 18.2. The highest BCUT2D eigenvalue weighted by Crippen LogP contribution is 2.29. The molecule has 0 aliphatic rings. The van der Waals surface area contributed by atoms with E-state index in [0.29, 0.717) is 28.1 Å². The number of hydrogen-bond donors (Lipinski definition) is 2. The zero-order valence-corrected chi connectivity index (χ0v) is 18.2. The molecule has 0 saturated heterocycles. The number of amides is 1. The van der Waals surface area contributed by atoms with Crippen LogP contribution in [0.25, 0.3) is 22.5 Å². The number of benzene rings is 3. The molecule has 7 heteroatoms. The Morgan fingerprint density at radius 2 is 1.39 bits per heavy atom. The van der Waals surface area contributed by atoms with Crippen molar-refractivity contribution in [2.75, 3.05) is 5.32 Å². The number of aromatic nitrogens is 2. The zero-order chi connectivity index (χ0) is 23.8. The van der Waals surface area contributed by atoms with Gasteiger partial charge in [0.1, 0.15) is 23.1 Å². The first-order chi connectivity index (χ1) is 16.0. The molecule has 0 spiro atoms. The van der Waals surface area contributed by atoms with E-state index in [1.165, 1.54) is 42.6 Å². The highest BCUT2D eigenvalue weighted by Gasteiger charge is 2.15. The van der Waals surface area contributed by atoms with Crippen molar-refractivity contribution in [3.8, 4) is 28.3 Å². The number of carbonyl (C=O) groups is 1. The summed E-state index contributed by atoms with van der Waals surface area (Å²) in [5.41, 5.74) is 2.85. The molecule has 1 heterocycles. The molecule has 3 aromatic carbocycles. The van der Waals surface area contributed by atoms with Gasteiger partial charge in [0.25, 0.3) is 0 Å². The fraction of sp³-hybridized carbons (Fsp3) is 0.115. The first-order valence-electron chi connectivity index (χ1n) is 10.4. The van der Waals surface area contributed by atoms with E-state index in [2.05, 4.69) is 15.3 Å². The van der Waals surface area contributed by atoms with Gasteiger partial charge in [0, 0.05) is 11.1 Å². The quantitative estimate of drug-likeness (QED) is 0.393. The summed E-state index contributed by atoms with van der Waals surface area (Å²) in [6, 6.07) is 17.8. The van der Waals surface area contributed by atoms with Crippen LogP contribution in [0.3, 0.4) is 0 Å². The van der Waals surface area contributed by atoms with Crippen LogP contribution in [-0.2, 0) is 11.2 Å². The third kappa shape index (κ3) is 6.20. The van der Waals surface area contributed by atoms with Crippen molar-refractivity contribution in [2.45, 2.75) is 20.3 Å². The molecule has 4 rings (SSSR count). The number of rotatable bonds is 5. The molecule has 0 atom stereocenters. The first-order valence-corrected chi connectivity index (χ1v) is 10.4. The second-order valence-corrected chi connectivity index (χ2v) is 6.86. The molecule has 2 N–H and O–H groups in total.